The Hall–Kier alpha value is -1.55. The lowest BCUT2D eigenvalue weighted by Crippen LogP contribution is -2.05. The quantitative estimate of drug-likeness (QED) is 0.736. The van der Waals surface area contributed by atoms with Gasteiger partial charge in [0, 0.05) is 6.42 Å². The standard InChI is InChI=1S/C11H10O3S/c12-15(13,11-8-2-1-3-9-11)14-10-6-4-5-7-10/h1-6,8-9H,7H2. The van der Waals surface area contributed by atoms with E-state index in [9.17, 15) is 8.42 Å². The molecule has 4 heteroatoms. The molecule has 15 heavy (non-hydrogen) atoms. The van der Waals surface area contributed by atoms with Crippen LogP contribution in [0, 0.1) is 0 Å². The molecule has 0 amide bonds. The normalized spacial score (nSPS) is 15.1. The van der Waals surface area contributed by atoms with Crippen molar-refractivity contribution in [3.63, 3.8) is 0 Å². The van der Waals surface area contributed by atoms with Crippen LogP contribution in [0.5, 0.6) is 0 Å². The predicted octanol–water partition coefficient (Wildman–Crippen LogP) is 2.24. The second-order valence-electron chi connectivity index (χ2n) is 3.12. The molecule has 1 aliphatic rings. The minimum Gasteiger partial charge on any atom is -0.383 e. The highest BCUT2D eigenvalue weighted by molar-refractivity contribution is 7.86. The zero-order valence-electron chi connectivity index (χ0n) is 7.96. The van der Waals surface area contributed by atoms with Crippen molar-refractivity contribution in [3.8, 4) is 0 Å². The van der Waals surface area contributed by atoms with Crippen molar-refractivity contribution < 1.29 is 12.6 Å². The summed E-state index contributed by atoms with van der Waals surface area (Å²) in [5, 5.41) is 0. The summed E-state index contributed by atoms with van der Waals surface area (Å²) in [5.74, 6) is 0.457. The SMILES string of the molecule is O=S(=O)(OC1=CC=CC1)c1ccccc1. The summed E-state index contributed by atoms with van der Waals surface area (Å²) in [6.45, 7) is 0. The van der Waals surface area contributed by atoms with E-state index in [2.05, 4.69) is 0 Å². The van der Waals surface area contributed by atoms with Gasteiger partial charge in [-0.05, 0) is 18.2 Å². The van der Waals surface area contributed by atoms with Crippen molar-refractivity contribution in [1.82, 2.24) is 0 Å². The number of rotatable bonds is 3. The molecule has 0 aliphatic heterocycles. The number of allylic oxidation sites excluding steroid dienone is 3. The highest BCUT2D eigenvalue weighted by Gasteiger charge is 2.17. The van der Waals surface area contributed by atoms with Gasteiger partial charge in [-0.2, -0.15) is 8.42 Å². The monoisotopic (exact) mass is 222 g/mol. The van der Waals surface area contributed by atoms with E-state index in [0.29, 0.717) is 12.2 Å². The smallest absolute Gasteiger partial charge is 0.338 e. The molecule has 0 aromatic heterocycles. The minimum absolute atomic E-state index is 0.179. The first-order chi connectivity index (χ1) is 7.18. The lowest BCUT2D eigenvalue weighted by molar-refractivity contribution is 0.402. The average molecular weight is 222 g/mol. The molecule has 1 aromatic rings. The van der Waals surface area contributed by atoms with Gasteiger partial charge in [-0.25, -0.2) is 0 Å². The first-order valence-electron chi connectivity index (χ1n) is 4.54. The number of hydrogen-bond donors (Lipinski definition) is 0. The molecule has 0 atom stereocenters. The van der Waals surface area contributed by atoms with Crippen molar-refractivity contribution in [2.24, 2.45) is 0 Å². The van der Waals surface area contributed by atoms with Crippen LogP contribution in [0.15, 0.2) is 59.2 Å². The van der Waals surface area contributed by atoms with Crippen LogP contribution in [0.25, 0.3) is 0 Å². The predicted molar refractivity (Wildman–Crippen MR) is 56.6 cm³/mol. The zero-order valence-corrected chi connectivity index (χ0v) is 8.78. The van der Waals surface area contributed by atoms with Gasteiger partial charge in [0.2, 0.25) is 0 Å². The maximum atomic E-state index is 11.7. The summed E-state index contributed by atoms with van der Waals surface area (Å²) in [7, 11) is -3.65. The van der Waals surface area contributed by atoms with E-state index < -0.39 is 10.1 Å². The molecule has 2 rings (SSSR count). The molecule has 0 fully saturated rings. The Morgan fingerprint density at radius 1 is 1.13 bits per heavy atom. The summed E-state index contributed by atoms with van der Waals surface area (Å²) in [4.78, 5) is 0.179. The molecule has 1 aliphatic carbocycles. The van der Waals surface area contributed by atoms with E-state index in [-0.39, 0.29) is 4.90 Å². The van der Waals surface area contributed by atoms with Crippen molar-refractivity contribution in [2.45, 2.75) is 11.3 Å². The van der Waals surface area contributed by atoms with Gasteiger partial charge in [0.05, 0.1) is 0 Å². The number of benzene rings is 1. The lowest BCUT2D eigenvalue weighted by atomic mass is 10.4. The highest BCUT2D eigenvalue weighted by Crippen LogP contribution is 2.19. The van der Waals surface area contributed by atoms with Gasteiger partial charge in [-0.15, -0.1) is 0 Å². The summed E-state index contributed by atoms with van der Waals surface area (Å²) in [6, 6.07) is 8.11. The fourth-order valence-corrected chi connectivity index (χ4v) is 2.26. The molecule has 0 saturated carbocycles. The average Bonchev–Trinajstić information content (AvgIpc) is 2.71. The van der Waals surface area contributed by atoms with Crippen LogP contribution < -0.4 is 0 Å². The molecule has 0 unspecified atom stereocenters. The van der Waals surface area contributed by atoms with E-state index in [4.69, 9.17) is 4.18 Å². The van der Waals surface area contributed by atoms with Crippen molar-refractivity contribution in [1.29, 1.82) is 0 Å². The third-order valence-electron chi connectivity index (χ3n) is 1.99. The van der Waals surface area contributed by atoms with Crippen LogP contribution in [-0.4, -0.2) is 8.42 Å². The van der Waals surface area contributed by atoms with Gasteiger partial charge in [0.15, 0.2) is 0 Å². The summed E-state index contributed by atoms with van der Waals surface area (Å²) in [6.07, 6.45) is 5.80. The van der Waals surface area contributed by atoms with E-state index in [1.807, 2.05) is 6.08 Å². The van der Waals surface area contributed by atoms with Crippen LogP contribution in [0.2, 0.25) is 0 Å². The fraction of sp³-hybridized carbons (Fsp3) is 0.0909. The number of hydrogen-bond acceptors (Lipinski definition) is 3. The van der Waals surface area contributed by atoms with Gasteiger partial charge in [-0.1, -0.05) is 30.4 Å². The zero-order chi connectivity index (χ0) is 10.7. The van der Waals surface area contributed by atoms with E-state index in [0.717, 1.165) is 0 Å². The Labute approximate surface area is 88.8 Å². The molecule has 1 aromatic carbocycles. The topological polar surface area (TPSA) is 43.4 Å². The maximum absolute atomic E-state index is 11.7. The Morgan fingerprint density at radius 2 is 1.87 bits per heavy atom. The third kappa shape index (κ3) is 2.27. The second-order valence-corrected chi connectivity index (χ2v) is 4.66. The molecule has 0 N–H and O–H groups in total. The summed E-state index contributed by atoms with van der Waals surface area (Å²) in [5.41, 5.74) is 0. The van der Waals surface area contributed by atoms with Crippen LogP contribution in [0.1, 0.15) is 6.42 Å². The molecule has 0 saturated heterocycles. The van der Waals surface area contributed by atoms with Gasteiger partial charge >= 0.3 is 10.1 Å². The second kappa shape index (κ2) is 3.90. The summed E-state index contributed by atoms with van der Waals surface area (Å²) < 4.78 is 28.4. The molecule has 0 heterocycles. The Balaban J connectivity index is 2.21. The largest absolute Gasteiger partial charge is 0.383 e. The molecule has 0 spiro atoms. The van der Waals surface area contributed by atoms with E-state index in [1.54, 1.807) is 30.4 Å². The minimum atomic E-state index is -3.65. The van der Waals surface area contributed by atoms with Crippen molar-refractivity contribution >= 4 is 10.1 Å². The van der Waals surface area contributed by atoms with Crippen LogP contribution in [-0.2, 0) is 14.3 Å². The van der Waals surface area contributed by atoms with Crippen LogP contribution in [0.3, 0.4) is 0 Å². The Kier molecular flexibility index (Phi) is 2.60. The van der Waals surface area contributed by atoms with Gasteiger partial charge in [-0.3, -0.25) is 0 Å². The van der Waals surface area contributed by atoms with Crippen LogP contribution in [0.4, 0.5) is 0 Å². The maximum Gasteiger partial charge on any atom is 0.338 e. The Morgan fingerprint density at radius 3 is 2.47 bits per heavy atom. The first-order valence-corrected chi connectivity index (χ1v) is 5.94. The van der Waals surface area contributed by atoms with Gasteiger partial charge in [0.1, 0.15) is 10.7 Å². The molecular formula is C11H10O3S. The van der Waals surface area contributed by atoms with Crippen molar-refractivity contribution in [3.05, 3.63) is 54.3 Å². The van der Waals surface area contributed by atoms with Crippen molar-refractivity contribution in [2.75, 3.05) is 0 Å². The lowest BCUT2D eigenvalue weighted by Gasteiger charge is -2.06. The molecule has 0 bridgehead atoms. The van der Waals surface area contributed by atoms with E-state index in [1.165, 1.54) is 12.1 Å². The van der Waals surface area contributed by atoms with E-state index >= 15 is 0 Å². The molecule has 0 radical (unpaired) electrons. The molecular weight excluding hydrogens is 212 g/mol. The fourth-order valence-electron chi connectivity index (χ4n) is 1.27. The summed E-state index contributed by atoms with van der Waals surface area (Å²) >= 11 is 0. The van der Waals surface area contributed by atoms with Gasteiger partial charge in [0.25, 0.3) is 0 Å². The molecule has 78 valence electrons. The van der Waals surface area contributed by atoms with Gasteiger partial charge < -0.3 is 4.18 Å². The third-order valence-corrected chi connectivity index (χ3v) is 3.27. The van der Waals surface area contributed by atoms with Crippen LogP contribution >= 0.6 is 0 Å². The molecule has 3 nitrogen and oxygen atoms in total. The Bertz CT molecular complexity index is 498. The highest BCUT2D eigenvalue weighted by atomic mass is 32.2. The first kappa shape index (κ1) is 9.98.